The van der Waals surface area contributed by atoms with Gasteiger partial charge in [0.25, 0.3) is 5.91 Å². The van der Waals surface area contributed by atoms with Gasteiger partial charge in [-0.3, -0.25) is 14.4 Å². The Morgan fingerprint density at radius 2 is 1.86 bits per heavy atom. The monoisotopic (exact) mass is 395 g/mol. The van der Waals surface area contributed by atoms with Gasteiger partial charge in [0.15, 0.2) is 5.78 Å². The van der Waals surface area contributed by atoms with Crippen LogP contribution < -0.4 is 9.64 Å². The number of hydrogen-bond donors (Lipinski definition) is 0. The number of carbonyl (C=O) groups excluding carboxylic acids is 3. The predicted molar refractivity (Wildman–Crippen MR) is 110 cm³/mol. The minimum Gasteiger partial charge on any atom is -0.496 e. The summed E-state index contributed by atoms with van der Waals surface area (Å²) < 4.78 is 10.2. The van der Waals surface area contributed by atoms with Gasteiger partial charge in [0.2, 0.25) is 0 Å². The zero-order valence-electron chi connectivity index (χ0n) is 16.8. The normalized spacial score (nSPS) is 13.2. The SMILES string of the molecule is CCOC(=O)CC(=O)c1ccc(C(=O)N2CCCCc3ccccc32)cc1OC. The third-order valence-corrected chi connectivity index (χ3v) is 4.96. The van der Waals surface area contributed by atoms with E-state index in [4.69, 9.17) is 9.47 Å². The third-order valence-electron chi connectivity index (χ3n) is 4.96. The van der Waals surface area contributed by atoms with E-state index in [0.717, 1.165) is 30.5 Å². The van der Waals surface area contributed by atoms with E-state index in [1.807, 2.05) is 18.2 Å². The number of ether oxygens (including phenoxy) is 2. The highest BCUT2D eigenvalue weighted by molar-refractivity contribution is 6.10. The summed E-state index contributed by atoms with van der Waals surface area (Å²) >= 11 is 0. The van der Waals surface area contributed by atoms with E-state index in [1.165, 1.54) is 13.2 Å². The number of amides is 1. The molecule has 1 heterocycles. The van der Waals surface area contributed by atoms with Crippen LogP contribution in [0.25, 0.3) is 0 Å². The maximum absolute atomic E-state index is 13.2. The summed E-state index contributed by atoms with van der Waals surface area (Å²) in [4.78, 5) is 39.1. The van der Waals surface area contributed by atoms with Crippen molar-refractivity contribution in [3.05, 3.63) is 59.2 Å². The summed E-state index contributed by atoms with van der Waals surface area (Å²) in [5.74, 6) is -0.851. The first-order valence-electron chi connectivity index (χ1n) is 9.81. The lowest BCUT2D eigenvalue weighted by molar-refractivity contribution is -0.141. The number of fused-ring (bicyclic) bond motifs is 1. The van der Waals surface area contributed by atoms with Crippen molar-refractivity contribution in [2.45, 2.75) is 32.6 Å². The maximum Gasteiger partial charge on any atom is 0.313 e. The Hall–Kier alpha value is -3.15. The second-order valence-electron chi connectivity index (χ2n) is 6.86. The average Bonchev–Trinajstić information content (AvgIpc) is 2.95. The number of benzene rings is 2. The largest absolute Gasteiger partial charge is 0.496 e. The molecule has 0 aromatic heterocycles. The molecule has 6 heteroatoms. The van der Waals surface area contributed by atoms with Crippen LogP contribution in [0.15, 0.2) is 42.5 Å². The quantitative estimate of drug-likeness (QED) is 0.422. The molecule has 1 amide bonds. The standard InChI is InChI=1S/C23H25NO5/c1-3-29-22(26)15-20(25)18-12-11-17(14-21(18)28-2)23(27)24-13-7-6-9-16-8-4-5-10-19(16)24/h4-5,8,10-12,14H,3,6-7,9,13,15H2,1-2H3. The number of methoxy groups -OCH3 is 1. The van der Waals surface area contributed by atoms with Crippen LogP contribution in [0.2, 0.25) is 0 Å². The van der Waals surface area contributed by atoms with Gasteiger partial charge in [-0.1, -0.05) is 18.2 Å². The second-order valence-corrected chi connectivity index (χ2v) is 6.86. The molecule has 0 N–H and O–H groups in total. The number of hydrogen-bond acceptors (Lipinski definition) is 5. The van der Waals surface area contributed by atoms with E-state index in [-0.39, 0.29) is 30.2 Å². The van der Waals surface area contributed by atoms with Crippen LogP contribution in [-0.2, 0) is 16.0 Å². The molecule has 0 unspecified atom stereocenters. The molecule has 0 spiro atoms. The molecule has 6 nitrogen and oxygen atoms in total. The number of anilines is 1. The Balaban J connectivity index is 1.87. The first-order chi connectivity index (χ1) is 14.0. The predicted octanol–water partition coefficient (Wildman–Crippen LogP) is 3.81. The number of nitrogens with zero attached hydrogens (tertiary/aromatic N) is 1. The number of para-hydroxylation sites is 1. The van der Waals surface area contributed by atoms with Gasteiger partial charge in [-0.05, 0) is 56.0 Å². The molecule has 2 aromatic rings. The van der Waals surface area contributed by atoms with Gasteiger partial charge < -0.3 is 14.4 Å². The minimum atomic E-state index is -0.583. The summed E-state index contributed by atoms with van der Waals surface area (Å²) in [5.41, 5.74) is 2.78. The first kappa shape index (κ1) is 20.6. The van der Waals surface area contributed by atoms with E-state index in [2.05, 4.69) is 6.07 Å². The molecule has 152 valence electrons. The van der Waals surface area contributed by atoms with E-state index < -0.39 is 11.8 Å². The van der Waals surface area contributed by atoms with E-state index in [1.54, 1.807) is 24.0 Å². The lowest BCUT2D eigenvalue weighted by Gasteiger charge is -2.23. The fourth-order valence-electron chi connectivity index (χ4n) is 3.55. The number of aryl methyl sites for hydroxylation is 1. The summed E-state index contributed by atoms with van der Waals surface area (Å²) in [6.07, 6.45) is 2.54. The molecule has 1 aliphatic heterocycles. The van der Waals surface area contributed by atoms with Gasteiger partial charge in [0.1, 0.15) is 12.2 Å². The smallest absolute Gasteiger partial charge is 0.313 e. The fraction of sp³-hybridized carbons (Fsp3) is 0.348. The van der Waals surface area contributed by atoms with Crippen LogP contribution in [0.3, 0.4) is 0 Å². The van der Waals surface area contributed by atoms with Crippen molar-refractivity contribution in [3.63, 3.8) is 0 Å². The highest BCUT2D eigenvalue weighted by atomic mass is 16.5. The Morgan fingerprint density at radius 1 is 1.07 bits per heavy atom. The topological polar surface area (TPSA) is 72.9 Å². The van der Waals surface area contributed by atoms with Crippen LogP contribution in [0.5, 0.6) is 5.75 Å². The van der Waals surface area contributed by atoms with Crippen molar-refractivity contribution in [2.75, 3.05) is 25.2 Å². The lowest BCUT2D eigenvalue weighted by atomic mass is 10.0. The summed E-state index contributed by atoms with van der Waals surface area (Å²) in [6.45, 7) is 2.54. The van der Waals surface area contributed by atoms with Gasteiger partial charge in [0, 0.05) is 17.8 Å². The minimum absolute atomic E-state index is 0.137. The van der Waals surface area contributed by atoms with Gasteiger partial charge in [0.05, 0.1) is 19.3 Å². The zero-order chi connectivity index (χ0) is 20.8. The molecule has 0 radical (unpaired) electrons. The molecule has 0 bridgehead atoms. The summed E-state index contributed by atoms with van der Waals surface area (Å²) in [6, 6.07) is 12.6. The van der Waals surface area contributed by atoms with E-state index >= 15 is 0 Å². The molecule has 0 atom stereocenters. The van der Waals surface area contributed by atoms with Crippen LogP contribution in [0.1, 0.15) is 52.5 Å². The van der Waals surface area contributed by atoms with Crippen molar-refractivity contribution < 1.29 is 23.9 Å². The number of ketones is 1. The van der Waals surface area contributed by atoms with Crippen molar-refractivity contribution in [1.29, 1.82) is 0 Å². The molecule has 3 rings (SSSR count). The number of Topliss-reactive ketones (excluding diaryl/α,β-unsaturated/α-hetero) is 1. The third kappa shape index (κ3) is 4.65. The van der Waals surface area contributed by atoms with Crippen LogP contribution in [0.4, 0.5) is 5.69 Å². The average molecular weight is 395 g/mol. The molecule has 0 aliphatic carbocycles. The molecule has 29 heavy (non-hydrogen) atoms. The van der Waals surface area contributed by atoms with Gasteiger partial charge in [-0.25, -0.2) is 0 Å². The molecule has 2 aromatic carbocycles. The number of esters is 1. The highest BCUT2D eigenvalue weighted by Gasteiger charge is 2.24. The molecule has 0 saturated carbocycles. The second kappa shape index (κ2) is 9.37. The summed E-state index contributed by atoms with van der Waals surface area (Å²) in [5, 5.41) is 0. The van der Waals surface area contributed by atoms with E-state index in [9.17, 15) is 14.4 Å². The number of rotatable bonds is 6. The zero-order valence-corrected chi connectivity index (χ0v) is 16.8. The molecular weight excluding hydrogens is 370 g/mol. The molecule has 0 fully saturated rings. The van der Waals surface area contributed by atoms with Crippen molar-refractivity contribution >= 4 is 23.3 Å². The number of carbonyl (C=O) groups is 3. The first-order valence-corrected chi connectivity index (χ1v) is 9.81. The Labute approximate surface area is 170 Å². The van der Waals surface area contributed by atoms with Crippen LogP contribution >= 0.6 is 0 Å². The van der Waals surface area contributed by atoms with Gasteiger partial charge in [-0.2, -0.15) is 0 Å². The molecule has 0 saturated heterocycles. The Kier molecular flexibility index (Phi) is 6.65. The lowest BCUT2D eigenvalue weighted by Crippen LogP contribution is -2.31. The fourth-order valence-corrected chi connectivity index (χ4v) is 3.55. The Morgan fingerprint density at radius 3 is 2.62 bits per heavy atom. The van der Waals surface area contributed by atoms with Crippen LogP contribution in [0, 0.1) is 0 Å². The van der Waals surface area contributed by atoms with Gasteiger partial charge in [-0.15, -0.1) is 0 Å². The molecule has 1 aliphatic rings. The maximum atomic E-state index is 13.2. The van der Waals surface area contributed by atoms with Crippen molar-refractivity contribution in [2.24, 2.45) is 0 Å². The van der Waals surface area contributed by atoms with Gasteiger partial charge >= 0.3 is 5.97 Å². The highest BCUT2D eigenvalue weighted by Crippen LogP contribution is 2.29. The van der Waals surface area contributed by atoms with Crippen molar-refractivity contribution in [3.8, 4) is 5.75 Å². The van der Waals surface area contributed by atoms with E-state index in [0.29, 0.717) is 12.1 Å². The van der Waals surface area contributed by atoms with Crippen LogP contribution in [-0.4, -0.2) is 37.9 Å². The van der Waals surface area contributed by atoms with Crippen molar-refractivity contribution in [1.82, 2.24) is 0 Å². The summed E-state index contributed by atoms with van der Waals surface area (Å²) in [7, 11) is 1.44. The Bertz CT molecular complexity index is 921. The molecular formula is C23H25NO5.